The van der Waals surface area contributed by atoms with Crippen molar-refractivity contribution in [1.82, 2.24) is 25.1 Å². The van der Waals surface area contributed by atoms with E-state index >= 15 is 0 Å². The van der Waals surface area contributed by atoms with Crippen LogP contribution in [0.25, 0.3) is 0 Å². The maximum Gasteiger partial charge on any atom is 0.229 e. The van der Waals surface area contributed by atoms with Crippen molar-refractivity contribution < 1.29 is 10.4 Å². The molecule has 3 rings (SSSR count). The van der Waals surface area contributed by atoms with Gasteiger partial charge >= 0.3 is 0 Å². The number of hydrogen-bond acceptors (Lipinski definition) is 8. The number of hydrogen-bond donors (Lipinski definition) is 3. The molecule has 10 heteroatoms. The first-order valence-electron chi connectivity index (χ1n) is 11.0. The second-order valence-electron chi connectivity index (χ2n) is 11.7. The Labute approximate surface area is 185 Å². The summed E-state index contributed by atoms with van der Waals surface area (Å²) in [6, 6.07) is 0.0674. The molecule has 2 aliphatic heterocycles. The molecule has 0 aliphatic carbocycles. The van der Waals surface area contributed by atoms with Gasteiger partial charge in [0.05, 0.1) is 0 Å². The van der Waals surface area contributed by atoms with Crippen LogP contribution >= 0.6 is 0 Å². The van der Waals surface area contributed by atoms with Crippen molar-refractivity contribution in [1.29, 1.82) is 0 Å². The molecule has 1 aromatic heterocycles. The van der Waals surface area contributed by atoms with Gasteiger partial charge in [0, 0.05) is 34.2 Å². The predicted molar refractivity (Wildman–Crippen MR) is 119 cm³/mol. The van der Waals surface area contributed by atoms with Crippen molar-refractivity contribution in [2.24, 2.45) is 0 Å². The minimum absolute atomic E-state index is 0.0337. The molecular formula is C21H38N8O2. The number of rotatable bonds is 4. The molecule has 0 amide bonds. The summed E-state index contributed by atoms with van der Waals surface area (Å²) >= 11 is 0. The van der Waals surface area contributed by atoms with Crippen molar-refractivity contribution in [3.8, 4) is 0 Å². The standard InChI is InChI=1S/C21H38N8O2/c1-18(2)9-13(10-19(3,4)28(18)30)23-16-25-15(22)26-17(27-16)24-14-11-20(5,6)29(31)21(7,8)12-14/h13-14H,9-12H2,1-8H3,(H4,22,23,24,25,26,27). The summed E-state index contributed by atoms with van der Waals surface area (Å²) < 4.78 is 0. The molecule has 0 saturated carbocycles. The Kier molecular flexibility index (Phi) is 5.92. The molecule has 1 aromatic rings. The van der Waals surface area contributed by atoms with E-state index in [1.165, 1.54) is 10.1 Å². The minimum atomic E-state index is -0.497. The monoisotopic (exact) mass is 434 g/mol. The summed E-state index contributed by atoms with van der Waals surface area (Å²) in [6.45, 7) is 15.6. The van der Waals surface area contributed by atoms with Gasteiger partial charge in [-0.15, -0.1) is 20.5 Å². The molecule has 2 saturated heterocycles. The van der Waals surface area contributed by atoms with Crippen LogP contribution in [0.1, 0.15) is 81.1 Å². The second-order valence-corrected chi connectivity index (χ2v) is 11.7. The zero-order valence-electron chi connectivity index (χ0n) is 20.1. The molecular weight excluding hydrogens is 396 g/mol. The van der Waals surface area contributed by atoms with E-state index in [0.29, 0.717) is 37.6 Å². The summed E-state index contributed by atoms with van der Waals surface area (Å²) in [5.74, 6) is 0.913. The van der Waals surface area contributed by atoms with Crippen LogP contribution < -0.4 is 16.4 Å². The molecule has 2 fully saturated rings. The highest BCUT2D eigenvalue weighted by Gasteiger charge is 2.47. The lowest BCUT2D eigenvalue weighted by Crippen LogP contribution is -2.60. The van der Waals surface area contributed by atoms with Crippen molar-refractivity contribution >= 4 is 17.8 Å². The van der Waals surface area contributed by atoms with Crippen molar-refractivity contribution in [2.75, 3.05) is 16.4 Å². The molecule has 0 aromatic carbocycles. The van der Waals surface area contributed by atoms with Crippen LogP contribution in [0.5, 0.6) is 0 Å². The van der Waals surface area contributed by atoms with Gasteiger partial charge in [-0.2, -0.15) is 15.0 Å². The molecule has 0 spiro atoms. The van der Waals surface area contributed by atoms with Gasteiger partial charge in [0.2, 0.25) is 17.8 Å². The lowest BCUT2D eigenvalue weighted by molar-refractivity contribution is -0.288. The van der Waals surface area contributed by atoms with Gasteiger partial charge in [-0.1, -0.05) is 0 Å². The van der Waals surface area contributed by atoms with E-state index in [2.05, 4.69) is 25.6 Å². The lowest BCUT2D eigenvalue weighted by Gasteiger charge is -2.50. The Morgan fingerprint density at radius 2 is 0.968 bits per heavy atom. The molecule has 4 N–H and O–H groups in total. The minimum Gasteiger partial charge on any atom is -0.368 e. The summed E-state index contributed by atoms with van der Waals surface area (Å²) in [4.78, 5) is 13.1. The average molecular weight is 435 g/mol. The fourth-order valence-electron chi connectivity index (χ4n) is 5.62. The van der Waals surface area contributed by atoms with Gasteiger partial charge in [0.15, 0.2) is 0 Å². The first kappa shape index (κ1) is 23.9. The maximum absolute atomic E-state index is 12.6. The fraction of sp³-hybridized carbons (Fsp3) is 0.857. The third-order valence-corrected chi connectivity index (χ3v) is 6.50. The molecule has 31 heavy (non-hydrogen) atoms. The molecule has 0 unspecified atom stereocenters. The Balaban J connectivity index is 1.75. The Bertz CT molecular complexity index is 712. The highest BCUT2D eigenvalue weighted by Crippen LogP contribution is 2.39. The van der Waals surface area contributed by atoms with E-state index in [1.807, 2.05) is 55.4 Å². The molecule has 3 heterocycles. The first-order valence-corrected chi connectivity index (χ1v) is 11.0. The van der Waals surface area contributed by atoms with E-state index in [4.69, 9.17) is 5.73 Å². The maximum atomic E-state index is 12.6. The molecule has 174 valence electrons. The van der Waals surface area contributed by atoms with Crippen LogP contribution in [0, 0.1) is 0 Å². The van der Waals surface area contributed by atoms with Crippen LogP contribution in [-0.4, -0.2) is 59.3 Å². The zero-order chi connectivity index (χ0) is 23.4. The van der Waals surface area contributed by atoms with E-state index in [9.17, 15) is 10.4 Å². The topological polar surface area (TPSA) is 135 Å². The fourth-order valence-corrected chi connectivity index (χ4v) is 5.62. The molecule has 2 aliphatic rings. The number of anilines is 3. The number of nitrogens with zero attached hydrogens (tertiary/aromatic N) is 5. The Morgan fingerprint density at radius 3 is 1.26 bits per heavy atom. The van der Waals surface area contributed by atoms with Gasteiger partial charge in [-0.25, -0.2) is 0 Å². The second kappa shape index (κ2) is 7.68. The third-order valence-electron chi connectivity index (χ3n) is 6.50. The number of nitrogens with one attached hydrogen (secondary N) is 2. The largest absolute Gasteiger partial charge is 0.368 e. The van der Waals surface area contributed by atoms with E-state index in [1.54, 1.807) is 0 Å². The van der Waals surface area contributed by atoms with Crippen LogP contribution in [0.15, 0.2) is 0 Å². The van der Waals surface area contributed by atoms with Crippen LogP contribution in [-0.2, 0) is 10.4 Å². The summed E-state index contributed by atoms with van der Waals surface area (Å²) in [6.07, 6.45) is 2.66. The molecule has 0 bridgehead atoms. The lowest BCUT2D eigenvalue weighted by atomic mass is 9.79. The quantitative estimate of drug-likeness (QED) is 0.658. The van der Waals surface area contributed by atoms with Gasteiger partial charge in [-0.05, 0) is 81.1 Å². The van der Waals surface area contributed by atoms with E-state index in [-0.39, 0.29) is 18.0 Å². The average Bonchev–Trinajstić information content (AvgIpc) is 2.56. The number of hydroxylamine groups is 4. The SMILES string of the molecule is CC1(C)CC(Nc2nc(N)nc(NC3CC(C)(C)N([O])C(C)(C)C3)n2)CC(C)(C)N1[O]. The van der Waals surface area contributed by atoms with Gasteiger partial charge in [0.1, 0.15) is 0 Å². The normalized spacial score (nSPS) is 26.5. The first-order chi connectivity index (χ1) is 14.0. The number of piperidine rings is 2. The highest BCUT2D eigenvalue weighted by molar-refractivity contribution is 5.41. The van der Waals surface area contributed by atoms with E-state index in [0.717, 1.165) is 0 Å². The Hall–Kier alpha value is -1.75. The van der Waals surface area contributed by atoms with Crippen LogP contribution in [0.4, 0.5) is 17.8 Å². The van der Waals surface area contributed by atoms with Gasteiger partial charge < -0.3 is 16.4 Å². The smallest absolute Gasteiger partial charge is 0.229 e. The number of nitrogens with two attached hydrogens (primary N) is 1. The van der Waals surface area contributed by atoms with Crippen molar-refractivity contribution in [3.05, 3.63) is 0 Å². The molecule has 10 nitrogen and oxygen atoms in total. The van der Waals surface area contributed by atoms with Gasteiger partial charge in [-0.3, -0.25) is 0 Å². The summed E-state index contributed by atoms with van der Waals surface area (Å²) in [7, 11) is 0. The molecule has 0 atom stereocenters. The van der Waals surface area contributed by atoms with E-state index < -0.39 is 22.2 Å². The van der Waals surface area contributed by atoms with Gasteiger partial charge in [0.25, 0.3) is 0 Å². The van der Waals surface area contributed by atoms with Crippen molar-refractivity contribution in [2.45, 2.75) is 115 Å². The molecule has 2 radical (unpaired) electrons. The zero-order valence-corrected chi connectivity index (χ0v) is 20.1. The van der Waals surface area contributed by atoms with Crippen LogP contribution in [0.3, 0.4) is 0 Å². The summed E-state index contributed by atoms with van der Waals surface area (Å²) in [5.41, 5.74) is 3.98. The van der Waals surface area contributed by atoms with Crippen molar-refractivity contribution in [3.63, 3.8) is 0 Å². The number of nitrogen functional groups attached to an aromatic ring is 1. The Morgan fingerprint density at radius 1 is 0.677 bits per heavy atom. The summed E-state index contributed by atoms with van der Waals surface area (Å²) in [5, 5.41) is 34.3. The third kappa shape index (κ3) is 5.02. The predicted octanol–water partition coefficient (Wildman–Crippen LogP) is 3.01. The van der Waals surface area contributed by atoms with Crippen LogP contribution in [0.2, 0.25) is 0 Å². The highest BCUT2D eigenvalue weighted by atomic mass is 16.5. The number of aromatic nitrogens is 3.